The van der Waals surface area contributed by atoms with Gasteiger partial charge in [-0.3, -0.25) is 0 Å². The van der Waals surface area contributed by atoms with Crippen molar-refractivity contribution >= 4 is 0 Å². The summed E-state index contributed by atoms with van der Waals surface area (Å²) in [5.41, 5.74) is 0.838. The molecule has 1 aromatic heterocycles. The van der Waals surface area contributed by atoms with Gasteiger partial charge in [0.15, 0.2) is 0 Å². The fourth-order valence-electron chi connectivity index (χ4n) is 0.323. The Hall–Kier alpha value is -0.920. The molecule has 0 atom stereocenters. The van der Waals surface area contributed by atoms with Crippen molar-refractivity contribution in [2.24, 2.45) is 0 Å². The van der Waals surface area contributed by atoms with E-state index in [1.54, 1.807) is 12.3 Å². The zero-order valence-corrected chi connectivity index (χ0v) is 4.05. The molecule has 0 aromatic carbocycles. The lowest BCUT2D eigenvalue weighted by atomic mass is 10.5. The van der Waals surface area contributed by atoms with Crippen LogP contribution in [0.5, 0.6) is 0 Å². The van der Waals surface area contributed by atoms with Crippen LogP contribution >= 0.6 is 0 Å². The molecule has 1 aromatic rings. The molecule has 0 aliphatic rings. The van der Waals surface area contributed by atoms with Crippen LogP contribution in [0.1, 0.15) is 7.06 Å². The van der Waals surface area contributed by atoms with E-state index in [1.807, 2.05) is 6.92 Å². The Morgan fingerprint density at radius 2 is 2.71 bits per heavy atom. The van der Waals surface area contributed by atoms with Crippen molar-refractivity contribution in [3.8, 4) is 0 Å². The molecule has 2 heteroatoms. The first kappa shape index (κ1) is 3.13. The summed E-state index contributed by atoms with van der Waals surface area (Å²) in [4.78, 5) is 7.32. The van der Waals surface area contributed by atoms with Crippen LogP contribution in [0.15, 0.2) is 18.6 Å². The average molecular weight is 95.1 g/mol. The maximum atomic E-state index is 6.91. The molecule has 2 nitrogen and oxygen atoms in total. The maximum absolute atomic E-state index is 6.91. The predicted molar refractivity (Wildman–Crippen MR) is 26.8 cm³/mol. The predicted octanol–water partition coefficient (Wildman–Crippen LogP) is 0.785. The van der Waals surface area contributed by atoms with Crippen molar-refractivity contribution in [1.82, 2.24) is 9.97 Å². The highest BCUT2D eigenvalue weighted by atomic mass is 14.8. The molecule has 0 radical (unpaired) electrons. The van der Waals surface area contributed by atoms with Crippen LogP contribution in [0.25, 0.3) is 0 Å². The van der Waals surface area contributed by atoms with Gasteiger partial charge in [0.1, 0.15) is 7.67 Å². The number of aryl methyl sites for hydroxylation is 1. The standard InChI is InChI=1S/C5H6N2/c1-5-2-3-6-4-7-5/h2-4H,1H3/i4D. The van der Waals surface area contributed by atoms with E-state index in [-0.39, 0.29) is 6.30 Å². The topological polar surface area (TPSA) is 25.8 Å². The molecule has 0 spiro atoms. The van der Waals surface area contributed by atoms with Gasteiger partial charge >= 0.3 is 0 Å². The Kier molecular flexibility index (Phi) is 0.754. The number of hydrogen-bond acceptors (Lipinski definition) is 2. The normalized spacial score (nSPS) is 10.7. The minimum absolute atomic E-state index is 0.0880. The van der Waals surface area contributed by atoms with Gasteiger partial charge in [0.25, 0.3) is 0 Å². The highest BCUT2D eigenvalue weighted by Crippen LogP contribution is 1.82. The molecular formula is C5H6N2. The molecule has 0 aliphatic heterocycles. The Bertz CT molecular complexity index is 170. The molecule has 0 bridgehead atoms. The fraction of sp³-hybridized carbons (Fsp3) is 0.200. The summed E-state index contributed by atoms with van der Waals surface area (Å²) in [6.45, 7) is 1.83. The van der Waals surface area contributed by atoms with Crippen LogP contribution in [0.3, 0.4) is 0 Å². The summed E-state index contributed by atoms with van der Waals surface area (Å²) >= 11 is 0. The quantitative estimate of drug-likeness (QED) is 0.476. The van der Waals surface area contributed by atoms with E-state index in [9.17, 15) is 0 Å². The van der Waals surface area contributed by atoms with Gasteiger partial charge in [-0.2, -0.15) is 0 Å². The zero-order valence-electron chi connectivity index (χ0n) is 5.05. The minimum Gasteiger partial charge on any atom is -0.245 e. The second-order valence-corrected chi connectivity index (χ2v) is 1.30. The highest BCUT2D eigenvalue weighted by molar-refractivity contribution is 4.92. The monoisotopic (exact) mass is 95.1 g/mol. The summed E-state index contributed by atoms with van der Waals surface area (Å²) in [5.74, 6) is 0. The number of aromatic nitrogens is 2. The van der Waals surface area contributed by atoms with Crippen LogP contribution < -0.4 is 0 Å². The third-order valence-corrected chi connectivity index (χ3v) is 0.674. The third-order valence-electron chi connectivity index (χ3n) is 0.674. The van der Waals surface area contributed by atoms with E-state index in [0.29, 0.717) is 0 Å². The summed E-state index contributed by atoms with van der Waals surface area (Å²) in [5, 5.41) is 0. The van der Waals surface area contributed by atoms with E-state index >= 15 is 0 Å². The summed E-state index contributed by atoms with van der Waals surface area (Å²) in [6.07, 6.45) is 1.66. The van der Waals surface area contributed by atoms with Gasteiger partial charge < -0.3 is 0 Å². The molecule has 1 rings (SSSR count). The van der Waals surface area contributed by atoms with Crippen LogP contribution in [-0.2, 0) is 0 Å². The summed E-state index contributed by atoms with van der Waals surface area (Å²) < 4.78 is 6.91. The van der Waals surface area contributed by atoms with Crippen LogP contribution in [0, 0.1) is 6.92 Å². The molecule has 0 saturated heterocycles. The van der Waals surface area contributed by atoms with Crippen molar-refractivity contribution in [3.63, 3.8) is 0 Å². The molecule has 0 N–H and O–H groups in total. The van der Waals surface area contributed by atoms with E-state index in [2.05, 4.69) is 9.97 Å². The molecule has 1 heterocycles. The third kappa shape index (κ3) is 0.961. The lowest BCUT2D eigenvalue weighted by Gasteiger charge is -1.81. The first-order valence-electron chi connectivity index (χ1n) is 2.55. The van der Waals surface area contributed by atoms with Gasteiger partial charge in [0.05, 0.1) is 0 Å². The molecule has 0 amide bonds. The fourth-order valence-corrected chi connectivity index (χ4v) is 0.323. The zero-order chi connectivity index (χ0) is 5.98. The number of rotatable bonds is 0. The molecular weight excluding hydrogens is 88.1 g/mol. The van der Waals surface area contributed by atoms with E-state index in [4.69, 9.17) is 1.37 Å². The Labute approximate surface area is 43.6 Å². The summed E-state index contributed by atoms with van der Waals surface area (Å²) in [6, 6.07) is 1.76. The Morgan fingerprint density at radius 3 is 3.14 bits per heavy atom. The number of nitrogens with zero attached hydrogens (tertiary/aromatic N) is 2. The SMILES string of the molecule is [2H]c1nccc(C)n1. The van der Waals surface area contributed by atoms with Crippen molar-refractivity contribution in [2.45, 2.75) is 6.92 Å². The highest BCUT2D eigenvalue weighted by Gasteiger charge is 1.74. The lowest BCUT2D eigenvalue weighted by Crippen LogP contribution is -1.77. The second kappa shape index (κ2) is 1.69. The van der Waals surface area contributed by atoms with Crippen molar-refractivity contribution in [1.29, 1.82) is 0 Å². The first-order chi connectivity index (χ1) is 3.79. The van der Waals surface area contributed by atoms with Crippen LogP contribution in [-0.4, -0.2) is 9.97 Å². The number of hydrogen-bond donors (Lipinski definition) is 0. The molecule has 0 fully saturated rings. The average Bonchev–Trinajstić information content (AvgIpc) is 1.64. The van der Waals surface area contributed by atoms with Gasteiger partial charge in [0, 0.05) is 11.9 Å². The van der Waals surface area contributed by atoms with E-state index in [0.717, 1.165) is 5.69 Å². The largest absolute Gasteiger partial charge is 0.245 e. The second-order valence-electron chi connectivity index (χ2n) is 1.30. The van der Waals surface area contributed by atoms with Gasteiger partial charge in [-0.1, -0.05) is 0 Å². The van der Waals surface area contributed by atoms with Crippen LogP contribution in [0.4, 0.5) is 0 Å². The first-order valence-corrected chi connectivity index (χ1v) is 2.05. The van der Waals surface area contributed by atoms with Gasteiger partial charge in [0.2, 0.25) is 0 Å². The van der Waals surface area contributed by atoms with Crippen molar-refractivity contribution in [3.05, 3.63) is 24.3 Å². The van der Waals surface area contributed by atoms with E-state index in [1.165, 1.54) is 0 Å². The van der Waals surface area contributed by atoms with Crippen molar-refractivity contribution < 1.29 is 1.37 Å². The van der Waals surface area contributed by atoms with Gasteiger partial charge in [-0.25, -0.2) is 9.97 Å². The van der Waals surface area contributed by atoms with Crippen LogP contribution in [0.2, 0.25) is 0 Å². The minimum atomic E-state index is 0.0880. The lowest BCUT2D eigenvalue weighted by molar-refractivity contribution is 1.10. The molecule has 0 unspecified atom stereocenters. The smallest absolute Gasteiger partial charge is 0.115 e. The van der Waals surface area contributed by atoms with E-state index < -0.39 is 0 Å². The summed E-state index contributed by atoms with van der Waals surface area (Å²) in [7, 11) is 0. The maximum Gasteiger partial charge on any atom is 0.115 e. The van der Waals surface area contributed by atoms with Crippen molar-refractivity contribution in [2.75, 3.05) is 0 Å². The Balaban J connectivity index is 3.08. The molecule has 7 heavy (non-hydrogen) atoms. The molecule has 36 valence electrons. The Morgan fingerprint density at radius 1 is 1.86 bits per heavy atom. The molecule has 0 aliphatic carbocycles. The van der Waals surface area contributed by atoms with Gasteiger partial charge in [-0.05, 0) is 13.0 Å². The molecule has 0 saturated carbocycles. The van der Waals surface area contributed by atoms with Gasteiger partial charge in [-0.15, -0.1) is 0 Å².